The van der Waals surface area contributed by atoms with Crippen LogP contribution in [0.1, 0.15) is 26.7 Å². The van der Waals surface area contributed by atoms with Gasteiger partial charge < -0.3 is 14.6 Å². The molecule has 0 aliphatic heterocycles. The molecule has 1 atom stereocenters. The molecule has 0 heterocycles. The SMILES string of the molecule is CCOC[C@@H](O)CCC(=O)OCC. The molecule has 0 aromatic carbocycles. The number of esters is 1. The lowest BCUT2D eigenvalue weighted by Crippen LogP contribution is -2.17. The summed E-state index contributed by atoms with van der Waals surface area (Å²) < 4.78 is 9.69. The lowest BCUT2D eigenvalue weighted by molar-refractivity contribution is -0.143. The fraction of sp³-hybridized carbons (Fsp3) is 0.889. The van der Waals surface area contributed by atoms with E-state index in [0.29, 0.717) is 19.6 Å². The Kier molecular flexibility index (Phi) is 7.63. The van der Waals surface area contributed by atoms with Gasteiger partial charge in [0, 0.05) is 13.0 Å². The highest BCUT2D eigenvalue weighted by Gasteiger charge is 2.08. The summed E-state index contributed by atoms with van der Waals surface area (Å²) in [6, 6.07) is 0. The van der Waals surface area contributed by atoms with Gasteiger partial charge in [-0.15, -0.1) is 0 Å². The van der Waals surface area contributed by atoms with Gasteiger partial charge in [0.1, 0.15) is 0 Å². The fourth-order valence-electron chi connectivity index (χ4n) is 0.855. The van der Waals surface area contributed by atoms with Crippen molar-refractivity contribution in [3.63, 3.8) is 0 Å². The smallest absolute Gasteiger partial charge is 0.305 e. The van der Waals surface area contributed by atoms with Crippen molar-refractivity contribution >= 4 is 5.97 Å². The van der Waals surface area contributed by atoms with Gasteiger partial charge >= 0.3 is 5.97 Å². The van der Waals surface area contributed by atoms with E-state index in [4.69, 9.17) is 9.47 Å². The van der Waals surface area contributed by atoms with Crippen molar-refractivity contribution in [2.24, 2.45) is 0 Å². The summed E-state index contributed by atoms with van der Waals surface area (Å²) in [6.07, 6.45) is 0.0883. The summed E-state index contributed by atoms with van der Waals surface area (Å²) in [6.45, 7) is 4.87. The van der Waals surface area contributed by atoms with Crippen LogP contribution in [0, 0.1) is 0 Å². The van der Waals surface area contributed by atoms with Crippen LogP contribution in [0.5, 0.6) is 0 Å². The van der Waals surface area contributed by atoms with Crippen LogP contribution >= 0.6 is 0 Å². The molecule has 1 N–H and O–H groups in total. The molecule has 0 amide bonds. The predicted molar refractivity (Wildman–Crippen MR) is 48.4 cm³/mol. The van der Waals surface area contributed by atoms with Gasteiger partial charge in [-0.3, -0.25) is 4.79 Å². The van der Waals surface area contributed by atoms with E-state index in [-0.39, 0.29) is 19.0 Å². The lowest BCUT2D eigenvalue weighted by Gasteiger charge is -2.09. The zero-order chi connectivity index (χ0) is 10.1. The van der Waals surface area contributed by atoms with Gasteiger partial charge in [0.25, 0.3) is 0 Å². The molecule has 0 aliphatic carbocycles. The number of carbonyl (C=O) groups is 1. The molecule has 0 aromatic rings. The molecule has 4 heteroatoms. The van der Waals surface area contributed by atoms with Crippen LogP contribution in [0.4, 0.5) is 0 Å². The molecule has 0 bridgehead atoms. The average molecular weight is 190 g/mol. The Morgan fingerprint density at radius 2 is 2.08 bits per heavy atom. The molecule has 0 spiro atoms. The molecule has 0 saturated carbocycles. The van der Waals surface area contributed by atoms with Crippen LogP contribution in [0.25, 0.3) is 0 Å². The molecule has 0 fully saturated rings. The molecule has 0 aromatic heterocycles. The van der Waals surface area contributed by atoms with Crippen molar-refractivity contribution in [1.29, 1.82) is 0 Å². The van der Waals surface area contributed by atoms with Gasteiger partial charge in [0.15, 0.2) is 0 Å². The minimum atomic E-state index is -0.565. The third kappa shape index (κ3) is 7.74. The Bertz CT molecular complexity index is 136. The van der Waals surface area contributed by atoms with Gasteiger partial charge in [-0.2, -0.15) is 0 Å². The molecule has 0 rings (SSSR count). The molecular weight excluding hydrogens is 172 g/mol. The molecular formula is C9H18O4. The Hall–Kier alpha value is -0.610. The number of hydrogen-bond donors (Lipinski definition) is 1. The second-order valence-electron chi connectivity index (χ2n) is 2.66. The van der Waals surface area contributed by atoms with Crippen LogP contribution in [-0.4, -0.2) is 37.0 Å². The summed E-state index contributed by atoms with van der Waals surface area (Å²) in [4.78, 5) is 10.8. The van der Waals surface area contributed by atoms with E-state index < -0.39 is 6.10 Å². The van der Waals surface area contributed by atoms with Gasteiger partial charge in [-0.25, -0.2) is 0 Å². The maximum Gasteiger partial charge on any atom is 0.305 e. The average Bonchev–Trinajstić information content (AvgIpc) is 2.12. The summed E-state index contributed by atoms with van der Waals surface area (Å²) in [7, 11) is 0. The molecule has 78 valence electrons. The Morgan fingerprint density at radius 1 is 1.38 bits per heavy atom. The predicted octanol–water partition coefficient (Wildman–Crippen LogP) is 0.727. The van der Waals surface area contributed by atoms with E-state index in [2.05, 4.69) is 0 Å². The lowest BCUT2D eigenvalue weighted by atomic mass is 10.2. The topological polar surface area (TPSA) is 55.8 Å². The minimum Gasteiger partial charge on any atom is -0.466 e. The maximum atomic E-state index is 10.8. The highest BCUT2D eigenvalue weighted by atomic mass is 16.5. The molecule has 13 heavy (non-hydrogen) atoms. The Morgan fingerprint density at radius 3 is 2.62 bits per heavy atom. The quantitative estimate of drug-likeness (QED) is 0.601. The number of hydrogen-bond acceptors (Lipinski definition) is 4. The number of aliphatic hydroxyl groups is 1. The summed E-state index contributed by atoms with van der Waals surface area (Å²) in [5.74, 6) is -0.266. The molecule has 4 nitrogen and oxygen atoms in total. The van der Waals surface area contributed by atoms with Gasteiger partial charge in [-0.05, 0) is 20.3 Å². The van der Waals surface area contributed by atoms with Crippen molar-refractivity contribution in [3.05, 3.63) is 0 Å². The van der Waals surface area contributed by atoms with Crippen LogP contribution < -0.4 is 0 Å². The minimum absolute atomic E-state index is 0.252. The molecule has 0 unspecified atom stereocenters. The zero-order valence-corrected chi connectivity index (χ0v) is 8.28. The third-order valence-corrected chi connectivity index (χ3v) is 1.50. The first-order valence-corrected chi connectivity index (χ1v) is 4.62. The molecule has 0 radical (unpaired) electrons. The van der Waals surface area contributed by atoms with Crippen molar-refractivity contribution in [3.8, 4) is 0 Å². The van der Waals surface area contributed by atoms with E-state index in [1.54, 1.807) is 6.92 Å². The highest BCUT2D eigenvalue weighted by molar-refractivity contribution is 5.69. The number of rotatable bonds is 7. The van der Waals surface area contributed by atoms with E-state index in [9.17, 15) is 9.90 Å². The van der Waals surface area contributed by atoms with Crippen molar-refractivity contribution in [2.45, 2.75) is 32.8 Å². The number of aliphatic hydroxyl groups excluding tert-OH is 1. The Balaban J connectivity index is 3.34. The van der Waals surface area contributed by atoms with Crippen molar-refractivity contribution in [1.82, 2.24) is 0 Å². The number of carbonyl (C=O) groups excluding carboxylic acids is 1. The van der Waals surface area contributed by atoms with E-state index in [0.717, 1.165) is 0 Å². The first kappa shape index (κ1) is 12.4. The van der Waals surface area contributed by atoms with Crippen LogP contribution in [0.3, 0.4) is 0 Å². The van der Waals surface area contributed by atoms with Crippen LogP contribution in [0.2, 0.25) is 0 Å². The monoisotopic (exact) mass is 190 g/mol. The Labute approximate surface area is 78.8 Å². The van der Waals surface area contributed by atoms with E-state index in [1.165, 1.54) is 0 Å². The van der Waals surface area contributed by atoms with Gasteiger partial charge in [-0.1, -0.05) is 0 Å². The molecule has 0 aliphatic rings. The van der Waals surface area contributed by atoms with E-state index in [1.807, 2.05) is 6.92 Å². The number of ether oxygens (including phenoxy) is 2. The molecule has 0 saturated heterocycles. The van der Waals surface area contributed by atoms with Gasteiger partial charge in [0.2, 0.25) is 0 Å². The third-order valence-electron chi connectivity index (χ3n) is 1.50. The van der Waals surface area contributed by atoms with Gasteiger partial charge in [0.05, 0.1) is 19.3 Å². The second kappa shape index (κ2) is 8.01. The van der Waals surface area contributed by atoms with Crippen LogP contribution in [0.15, 0.2) is 0 Å². The van der Waals surface area contributed by atoms with E-state index >= 15 is 0 Å². The zero-order valence-electron chi connectivity index (χ0n) is 8.28. The summed E-state index contributed by atoms with van der Waals surface area (Å²) in [5.41, 5.74) is 0. The highest BCUT2D eigenvalue weighted by Crippen LogP contribution is 1.99. The fourth-order valence-corrected chi connectivity index (χ4v) is 0.855. The van der Waals surface area contributed by atoms with Crippen molar-refractivity contribution < 1.29 is 19.4 Å². The second-order valence-corrected chi connectivity index (χ2v) is 2.66. The standard InChI is InChI=1S/C9H18O4/c1-3-12-7-8(10)5-6-9(11)13-4-2/h8,10H,3-7H2,1-2H3/t8-/m0/s1. The first-order chi connectivity index (χ1) is 6.20. The summed E-state index contributed by atoms with van der Waals surface area (Å²) >= 11 is 0. The maximum absolute atomic E-state index is 10.8. The van der Waals surface area contributed by atoms with Crippen LogP contribution in [-0.2, 0) is 14.3 Å². The summed E-state index contributed by atoms with van der Waals surface area (Å²) in [5, 5.41) is 9.26. The first-order valence-electron chi connectivity index (χ1n) is 4.62. The largest absolute Gasteiger partial charge is 0.466 e. The van der Waals surface area contributed by atoms with Crippen molar-refractivity contribution in [2.75, 3.05) is 19.8 Å². The normalized spacial score (nSPS) is 12.5.